The van der Waals surface area contributed by atoms with Crippen LogP contribution in [0.5, 0.6) is 5.75 Å². The molecule has 148 valence electrons. The fourth-order valence-electron chi connectivity index (χ4n) is 2.93. The lowest BCUT2D eigenvalue weighted by Crippen LogP contribution is -2.12. The molecule has 3 rings (SSSR count). The van der Waals surface area contributed by atoms with Gasteiger partial charge in [-0.1, -0.05) is 18.1 Å². The molecule has 1 heterocycles. The predicted octanol–water partition coefficient (Wildman–Crippen LogP) is 2.56. The third kappa shape index (κ3) is 4.15. The average molecular weight is 411 g/mol. The number of carbonyl (C=O) groups excluding carboxylic acids is 2. The van der Waals surface area contributed by atoms with Gasteiger partial charge in [0.1, 0.15) is 18.1 Å². The zero-order valence-corrected chi connectivity index (χ0v) is 16.5. The average Bonchev–Trinajstić information content (AvgIpc) is 2.96. The van der Waals surface area contributed by atoms with Crippen LogP contribution in [-0.2, 0) is 19.4 Å². The van der Waals surface area contributed by atoms with E-state index in [1.54, 1.807) is 31.2 Å². The molecule has 0 bridgehead atoms. The second-order valence-electron chi connectivity index (χ2n) is 6.26. The lowest BCUT2D eigenvalue weighted by Gasteiger charge is -2.09. The van der Waals surface area contributed by atoms with E-state index in [4.69, 9.17) is 15.9 Å². The lowest BCUT2D eigenvalue weighted by molar-refractivity contribution is -0.111. The molecule has 1 aliphatic heterocycles. The number of fused-ring (bicyclic) bond motifs is 1. The number of benzene rings is 2. The van der Waals surface area contributed by atoms with Crippen LogP contribution in [0.3, 0.4) is 0 Å². The molecule has 0 atom stereocenters. The first kappa shape index (κ1) is 20.2. The Morgan fingerprint density at radius 2 is 2.00 bits per heavy atom. The third-order valence-corrected chi connectivity index (χ3v) is 5.36. The van der Waals surface area contributed by atoms with Gasteiger partial charge in [-0.2, -0.15) is 0 Å². The van der Waals surface area contributed by atoms with Gasteiger partial charge in [-0.25, -0.2) is 13.2 Å². The number of terminal acetylenes is 1. The second kappa shape index (κ2) is 7.81. The second-order valence-corrected chi connectivity index (χ2v) is 8.24. The summed E-state index contributed by atoms with van der Waals surface area (Å²) >= 11 is 0. The van der Waals surface area contributed by atoms with E-state index in [2.05, 4.69) is 11.2 Å². The van der Waals surface area contributed by atoms with Crippen molar-refractivity contribution in [1.82, 2.24) is 0 Å². The van der Waals surface area contributed by atoms with Crippen LogP contribution in [0, 0.1) is 19.3 Å². The maximum atomic E-state index is 12.4. The van der Waals surface area contributed by atoms with Crippen LogP contribution in [0.1, 0.15) is 21.5 Å². The van der Waals surface area contributed by atoms with E-state index in [9.17, 15) is 18.0 Å². The topological polar surface area (TPSA) is 98.8 Å². The molecule has 0 aliphatic carbocycles. The number of carbonyl (C=O) groups is 2. The molecule has 2 aromatic carbocycles. The van der Waals surface area contributed by atoms with E-state index in [1.807, 2.05) is 0 Å². The molecule has 0 radical (unpaired) electrons. The molecule has 0 aromatic heterocycles. The van der Waals surface area contributed by atoms with Crippen LogP contribution in [0.25, 0.3) is 5.76 Å². The predicted molar refractivity (Wildman–Crippen MR) is 107 cm³/mol. The Labute approximate surface area is 168 Å². The normalized spacial score (nSPS) is 14.1. The van der Waals surface area contributed by atoms with Gasteiger partial charge in [0.25, 0.3) is 5.91 Å². The lowest BCUT2D eigenvalue weighted by atomic mass is 10.0. The van der Waals surface area contributed by atoms with Gasteiger partial charge in [-0.05, 0) is 31.2 Å². The fourth-order valence-corrected chi connectivity index (χ4v) is 3.78. The highest BCUT2D eigenvalue weighted by Gasteiger charge is 2.30. The van der Waals surface area contributed by atoms with E-state index in [1.165, 1.54) is 12.1 Å². The van der Waals surface area contributed by atoms with Crippen molar-refractivity contribution in [2.45, 2.75) is 11.8 Å². The number of amides is 1. The van der Waals surface area contributed by atoms with Gasteiger partial charge < -0.3 is 14.8 Å². The van der Waals surface area contributed by atoms with Crippen LogP contribution in [0.2, 0.25) is 0 Å². The van der Waals surface area contributed by atoms with Gasteiger partial charge in [0.2, 0.25) is 0 Å². The van der Waals surface area contributed by atoms with Crippen molar-refractivity contribution in [2.24, 2.45) is 0 Å². The Bertz CT molecular complexity index is 1190. The summed E-state index contributed by atoms with van der Waals surface area (Å²) in [6, 6.07) is 9.26. The summed E-state index contributed by atoms with van der Waals surface area (Å²) in [5.74, 6) is 1.61. The van der Waals surface area contributed by atoms with E-state index < -0.39 is 21.7 Å². The minimum Gasteiger partial charge on any atom is -0.481 e. The molecule has 1 aliphatic rings. The Hall–Kier alpha value is -3.57. The van der Waals surface area contributed by atoms with Crippen molar-refractivity contribution in [3.8, 4) is 18.1 Å². The van der Waals surface area contributed by atoms with Gasteiger partial charge in [-0.3, -0.25) is 4.79 Å². The van der Waals surface area contributed by atoms with Crippen LogP contribution in [0.15, 0.2) is 47.4 Å². The highest BCUT2D eigenvalue weighted by atomic mass is 32.2. The number of anilines is 1. The Morgan fingerprint density at radius 1 is 1.28 bits per heavy atom. The Balaban J connectivity index is 1.91. The Kier molecular flexibility index (Phi) is 5.43. The molecule has 0 saturated carbocycles. The molecule has 0 fully saturated rings. The first-order valence-electron chi connectivity index (χ1n) is 8.46. The summed E-state index contributed by atoms with van der Waals surface area (Å²) in [6.45, 7) is 1.75. The summed E-state index contributed by atoms with van der Waals surface area (Å²) in [5, 5.41) is 2.51. The number of ether oxygens (including phenoxy) is 2. The number of esters is 1. The van der Waals surface area contributed by atoms with Crippen LogP contribution in [0.4, 0.5) is 5.69 Å². The Morgan fingerprint density at radius 3 is 2.69 bits per heavy atom. The van der Waals surface area contributed by atoms with Crippen molar-refractivity contribution >= 4 is 33.2 Å². The molecule has 1 N–H and O–H groups in total. The zero-order chi connectivity index (χ0) is 21.2. The van der Waals surface area contributed by atoms with E-state index in [-0.39, 0.29) is 28.5 Å². The van der Waals surface area contributed by atoms with Gasteiger partial charge in [0.05, 0.1) is 16.1 Å². The standard InChI is InChI=1S/C21H17NO6S/c1-4-11-27-16-10-9-14-17(28-21(24)20(14)13(16)2)12-19(23)22-15-7-5-6-8-18(15)29(3,25)26/h1,5-10,12H,11H2,2-3H3,(H,22,23)/b17-12-. The minimum absolute atomic E-state index is 0.0123. The quantitative estimate of drug-likeness (QED) is 0.461. The zero-order valence-electron chi connectivity index (χ0n) is 15.7. The van der Waals surface area contributed by atoms with Crippen molar-refractivity contribution < 1.29 is 27.5 Å². The molecule has 29 heavy (non-hydrogen) atoms. The summed E-state index contributed by atoms with van der Waals surface area (Å²) < 4.78 is 34.4. The van der Waals surface area contributed by atoms with E-state index in [0.29, 0.717) is 16.9 Å². The number of hydrogen-bond acceptors (Lipinski definition) is 6. The summed E-state index contributed by atoms with van der Waals surface area (Å²) in [7, 11) is -3.53. The van der Waals surface area contributed by atoms with Crippen LogP contribution < -0.4 is 10.1 Å². The first-order valence-corrected chi connectivity index (χ1v) is 10.4. The van der Waals surface area contributed by atoms with E-state index in [0.717, 1.165) is 12.3 Å². The SMILES string of the molecule is C#CCOc1ccc2c(c1C)C(=O)O/C2=C\C(=O)Nc1ccccc1S(C)(=O)=O. The summed E-state index contributed by atoms with van der Waals surface area (Å²) in [4.78, 5) is 24.7. The fraction of sp³-hybridized carbons (Fsp3) is 0.143. The highest BCUT2D eigenvalue weighted by molar-refractivity contribution is 7.90. The molecule has 2 aromatic rings. The number of para-hydroxylation sites is 1. The molecular formula is C21H17NO6S. The maximum absolute atomic E-state index is 12.4. The molecule has 1 amide bonds. The van der Waals surface area contributed by atoms with Crippen molar-refractivity contribution in [1.29, 1.82) is 0 Å². The number of rotatable bonds is 5. The molecule has 7 nitrogen and oxygen atoms in total. The maximum Gasteiger partial charge on any atom is 0.344 e. The highest BCUT2D eigenvalue weighted by Crippen LogP contribution is 2.36. The third-order valence-electron chi connectivity index (χ3n) is 4.21. The van der Waals surface area contributed by atoms with Gasteiger partial charge in [0.15, 0.2) is 9.84 Å². The van der Waals surface area contributed by atoms with Crippen molar-refractivity contribution in [2.75, 3.05) is 18.2 Å². The van der Waals surface area contributed by atoms with Gasteiger partial charge >= 0.3 is 5.97 Å². The molecule has 0 unspecified atom stereocenters. The summed E-state index contributed by atoms with van der Waals surface area (Å²) in [6.07, 6.45) is 7.34. The van der Waals surface area contributed by atoms with Crippen molar-refractivity contribution in [3.63, 3.8) is 0 Å². The largest absolute Gasteiger partial charge is 0.481 e. The number of hydrogen-bond donors (Lipinski definition) is 1. The monoisotopic (exact) mass is 411 g/mol. The van der Waals surface area contributed by atoms with E-state index >= 15 is 0 Å². The molecule has 8 heteroatoms. The van der Waals surface area contributed by atoms with Gasteiger partial charge in [0, 0.05) is 23.5 Å². The first-order chi connectivity index (χ1) is 13.7. The van der Waals surface area contributed by atoms with Crippen LogP contribution >= 0.6 is 0 Å². The summed E-state index contributed by atoms with van der Waals surface area (Å²) in [5.41, 5.74) is 1.41. The molecule has 0 spiro atoms. The minimum atomic E-state index is -3.53. The molecular weight excluding hydrogens is 394 g/mol. The van der Waals surface area contributed by atoms with Gasteiger partial charge in [-0.15, -0.1) is 6.42 Å². The number of sulfone groups is 1. The number of nitrogens with one attached hydrogen (secondary N) is 1. The molecule has 0 saturated heterocycles. The number of cyclic esters (lactones) is 1. The smallest absolute Gasteiger partial charge is 0.344 e. The van der Waals surface area contributed by atoms with Crippen LogP contribution in [-0.4, -0.2) is 33.2 Å². The van der Waals surface area contributed by atoms with Crippen molar-refractivity contribution in [3.05, 3.63) is 59.2 Å².